The van der Waals surface area contributed by atoms with E-state index in [0.29, 0.717) is 17.5 Å². The minimum Gasteiger partial charge on any atom is -0.456 e. The van der Waals surface area contributed by atoms with Gasteiger partial charge in [-0.05, 0) is 70.3 Å². The van der Waals surface area contributed by atoms with Gasteiger partial charge in [0.05, 0.1) is 11.0 Å². The minimum absolute atomic E-state index is 0.116. The van der Waals surface area contributed by atoms with E-state index >= 15 is 0 Å². The molecule has 0 spiro atoms. The van der Waals surface area contributed by atoms with Gasteiger partial charge in [0.25, 0.3) is 0 Å². The highest BCUT2D eigenvalue weighted by molar-refractivity contribution is 6.15. The van der Waals surface area contributed by atoms with Gasteiger partial charge in [0.1, 0.15) is 11.2 Å². The largest absolute Gasteiger partial charge is 0.456 e. The van der Waals surface area contributed by atoms with E-state index in [0.717, 1.165) is 61.0 Å². The van der Waals surface area contributed by atoms with Crippen molar-refractivity contribution in [3.8, 4) is 62.1 Å². The van der Waals surface area contributed by atoms with E-state index < -0.39 is 0 Å². The van der Waals surface area contributed by atoms with Crippen molar-refractivity contribution in [2.24, 2.45) is 0 Å². The summed E-state index contributed by atoms with van der Waals surface area (Å²) >= 11 is 0. The van der Waals surface area contributed by atoms with Crippen LogP contribution in [0.1, 0.15) is 25.0 Å². The van der Waals surface area contributed by atoms with Crippen LogP contribution >= 0.6 is 0 Å². The van der Waals surface area contributed by atoms with Crippen molar-refractivity contribution in [3.05, 3.63) is 193 Å². The number of aromatic nitrogens is 4. The summed E-state index contributed by atoms with van der Waals surface area (Å²) in [5.74, 6) is 1.80. The number of hydrogen-bond acceptors (Lipinski definition) is 4. The number of fused-ring (bicyclic) bond motifs is 10. The Morgan fingerprint density at radius 2 is 1.00 bits per heavy atom. The number of rotatable bonds is 5. The maximum atomic E-state index is 6.53. The molecule has 0 amide bonds. The molecule has 3 aromatic heterocycles. The standard InChI is InChI=1S/C54H36N4O/c1-54(2)44-22-11-9-21-43(44)49-45(54)29-28-42-39-20-10-12-23-46(39)58(50(42)49)38-19-13-18-36(30-38)52-55-51(34-16-7-4-8-17-34)56-53(57-52)37-25-27-41-40-26-24-35(33-14-5-3-6-15-33)31-47(40)59-48(41)32-37/h3-32H,1-2H3. The molecular formula is C54H36N4O. The zero-order valence-electron chi connectivity index (χ0n) is 32.5. The first-order valence-electron chi connectivity index (χ1n) is 20.1. The van der Waals surface area contributed by atoms with E-state index in [-0.39, 0.29) is 5.41 Å². The normalized spacial score (nSPS) is 13.1. The van der Waals surface area contributed by atoms with Crippen molar-refractivity contribution in [1.82, 2.24) is 19.5 Å². The van der Waals surface area contributed by atoms with Crippen LogP contribution in [0.2, 0.25) is 0 Å². The van der Waals surface area contributed by atoms with Gasteiger partial charge in [0, 0.05) is 54.9 Å². The molecule has 59 heavy (non-hydrogen) atoms. The first-order valence-corrected chi connectivity index (χ1v) is 20.1. The van der Waals surface area contributed by atoms with Gasteiger partial charge in [0.2, 0.25) is 0 Å². The molecule has 5 heteroatoms. The Hall–Kier alpha value is -7.63. The van der Waals surface area contributed by atoms with Gasteiger partial charge in [-0.15, -0.1) is 0 Å². The van der Waals surface area contributed by atoms with Crippen LogP contribution in [-0.2, 0) is 5.41 Å². The second kappa shape index (κ2) is 12.7. The molecule has 0 saturated carbocycles. The van der Waals surface area contributed by atoms with E-state index in [2.05, 4.69) is 164 Å². The van der Waals surface area contributed by atoms with Crippen LogP contribution in [-0.4, -0.2) is 19.5 Å². The lowest BCUT2D eigenvalue weighted by Gasteiger charge is -2.21. The fourth-order valence-corrected chi connectivity index (χ4v) is 9.37. The topological polar surface area (TPSA) is 56.7 Å². The third-order valence-corrected chi connectivity index (χ3v) is 12.2. The van der Waals surface area contributed by atoms with E-state index in [4.69, 9.17) is 19.4 Å². The molecule has 0 radical (unpaired) electrons. The summed E-state index contributed by atoms with van der Waals surface area (Å²) in [5, 5.41) is 4.59. The predicted molar refractivity (Wildman–Crippen MR) is 241 cm³/mol. The van der Waals surface area contributed by atoms with Crippen molar-refractivity contribution in [3.63, 3.8) is 0 Å². The number of benzene rings is 8. The van der Waals surface area contributed by atoms with Crippen LogP contribution in [0, 0.1) is 0 Å². The molecule has 3 heterocycles. The van der Waals surface area contributed by atoms with Gasteiger partial charge in [-0.2, -0.15) is 0 Å². The molecule has 0 N–H and O–H groups in total. The van der Waals surface area contributed by atoms with E-state index in [1.165, 1.54) is 38.5 Å². The molecule has 0 bridgehead atoms. The zero-order valence-corrected chi connectivity index (χ0v) is 32.5. The molecule has 1 aliphatic rings. The number of furan rings is 1. The summed E-state index contributed by atoms with van der Waals surface area (Å²) in [5.41, 5.74) is 15.2. The molecule has 0 aliphatic heterocycles. The van der Waals surface area contributed by atoms with Crippen molar-refractivity contribution in [2.75, 3.05) is 0 Å². The molecule has 0 saturated heterocycles. The van der Waals surface area contributed by atoms with Crippen LogP contribution in [0.25, 0.3) is 106 Å². The summed E-state index contributed by atoms with van der Waals surface area (Å²) in [6, 6.07) is 64.1. The highest BCUT2D eigenvalue weighted by atomic mass is 16.3. The Morgan fingerprint density at radius 1 is 0.424 bits per heavy atom. The Labute approximate surface area is 340 Å². The van der Waals surface area contributed by atoms with Crippen LogP contribution in [0.3, 0.4) is 0 Å². The lowest BCUT2D eigenvalue weighted by atomic mass is 9.82. The summed E-state index contributed by atoms with van der Waals surface area (Å²) < 4.78 is 8.96. The van der Waals surface area contributed by atoms with E-state index in [1.54, 1.807) is 0 Å². The molecule has 8 aromatic carbocycles. The number of nitrogens with zero attached hydrogens (tertiary/aromatic N) is 4. The monoisotopic (exact) mass is 756 g/mol. The van der Waals surface area contributed by atoms with Crippen LogP contribution < -0.4 is 0 Å². The average Bonchev–Trinajstić information content (AvgIpc) is 3.91. The van der Waals surface area contributed by atoms with Crippen molar-refractivity contribution < 1.29 is 4.42 Å². The predicted octanol–water partition coefficient (Wildman–Crippen LogP) is 13.8. The summed E-state index contributed by atoms with van der Waals surface area (Å²) in [7, 11) is 0. The molecule has 5 nitrogen and oxygen atoms in total. The molecule has 278 valence electrons. The molecule has 1 aliphatic carbocycles. The molecule has 0 atom stereocenters. The second-order valence-electron chi connectivity index (χ2n) is 16.0. The first-order chi connectivity index (χ1) is 29.0. The van der Waals surface area contributed by atoms with Gasteiger partial charge >= 0.3 is 0 Å². The highest BCUT2D eigenvalue weighted by Gasteiger charge is 2.37. The lowest BCUT2D eigenvalue weighted by Crippen LogP contribution is -2.14. The zero-order chi connectivity index (χ0) is 39.2. The molecule has 0 unspecified atom stereocenters. The lowest BCUT2D eigenvalue weighted by molar-refractivity contribution is 0.661. The maximum absolute atomic E-state index is 6.53. The fourth-order valence-electron chi connectivity index (χ4n) is 9.37. The third kappa shape index (κ3) is 5.14. The van der Waals surface area contributed by atoms with Crippen LogP contribution in [0.4, 0.5) is 0 Å². The molecule has 12 rings (SSSR count). The quantitative estimate of drug-likeness (QED) is 0.175. The summed E-state index contributed by atoms with van der Waals surface area (Å²) in [6.45, 7) is 4.68. The Bertz CT molecular complexity index is 3470. The van der Waals surface area contributed by atoms with Gasteiger partial charge in [-0.25, -0.2) is 15.0 Å². The van der Waals surface area contributed by atoms with Crippen LogP contribution in [0.15, 0.2) is 186 Å². The fraction of sp³-hybridized carbons (Fsp3) is 0.0556. The van der Waals surface area contributed by atoms with E-state index in [1.807, 2.05) is 36.4 Å². The van der Waals surface area contributed by atoms with Gasteiger partial charge < -0.3 is 8.98 Å². The van der Waals surface area contributed by atoms with Crippen molar-refractivity contribution >= 4 is 43.7 Å². The third-order valence-electron chi connectivity index (χ3n) is 12.2. The Morgan fingerprint density at radius 3 is 1.76 bits per heavy atom. The number of hydrogen-bond donors (Lipinski definition) is 0. The average molecular weight is 757 g/mol. The minimum atomic E-state index is -0.116. The van der Waals surface area contributed by atoms with Gasteiger partial charge in [-0.1, -0.05) is 153 Å². The number of para-hydroxylation sites is 1. The Balaban J connectivity index is 1.03. The van der Waals surface area contributed by atoms with Crippen LogP contribution in [0.5, 0.6) is 0 Å². The van der Waals surface area contributed by atoms with Gasteiger partial charge in [0.15, 0.2) is 17.5 Å². The molecular weight excluding hydrogens is 721 g/mol. The molecule has 11 aromatic rings. The second-order valence-corrected chi connectivity index (χ2v) is 16.0. The first kappa shape index (κ1) is 33.5. The summed E-state index contributed by atoms with van der Waals surface area (Å²) in [6.07, 6.45) is 0. The SMILES string of the molecule is CC1(C)c2ccccc2-c2c1ccc1c3ccccc3n(-c3cccc(-c4nc(-c5ccccc5)nc(-c5ccc6c(c5)oc5cc(-c7ccccc7)ccc56)n4)c3)c21. The summed E-state index contributed by atoms with van der Waals surface area (Å²) in [4.78, 5) is 15.4. The highest BCUT2D eigenvalue weighted by Crippen LogP contribution is 2.53. The Kier molecular flexibility index (Phi) is 7.20. The smallest absolute Gasteiger partial charge is 0.164 e. The van der Waals surface area contributed by atoms with Crippen molar-refractivity contribution in [1.29, 1.82) is 0 Å². The van der Waals surface area contributed by atoms with Crippen molar-refractivity contribution in [2.45, 2.75) is 19.3 Å². The maximum Gasteiger partial charge on any atom is 0.164 e. The van der Waals surface area contributed by atoms with E-state index in [9.17, 15) is 0 Å². The molecule has 0 fully saturated rings. The van der Waals surface area contributed by atoms with Gasteiger partial charge in [-0.3, -0.25) is 0 Å².